The number of carbonyl (C=O) groups excluding carboxylic acids is 1. The van der Waals surface area contributed by atoms with Gasteiger partial charge in [0.25, 0.3) is 5.91 Å². The van der Waals surface area contributed by atoms with Crippen LogP contribution in [0.2, 0.25) is 0 Å². The molecule has 8 heteroatoms. The largest absolute Gasteiger partial charge is 0.497 e. The van der Waals surface area contributed by atoms with E-state index in [1.807, 2.05) is 43.3 Å². The lowest BCUT2D eigenvalue weighted by molar-refractivity contribution is 0.102. The van der Waals surface area contributed by atoms with Crippen LogP contribution in [0.3, 0.4) is 0 Å². The fourth-order valence-electron chi connectivity index (χ4n) is 3.30. The van der Waals surface area contributed by atoms with Crippen LogP contribution in [0.5, 0.6) is 11.5 Å². The molecule has 32 heavy (non-hydrogen) atoms. The van der Waals surface area contributed by atoms with Crippen LogP contribution in [0.25, 0.3) is 15.3 Å². The maximum atomic E-state index is 12.9. The maximum Gasteiger partial charge on any atom is 0.256 e. The van der Waals surface area contributed by atoms with E-state index in [0.29, 0.717) is 28.9 Å². The topological polar surface area (TPSA) is 78.3 Å². The number of carbonyl (C=O) groups is 1. The van der Waals surface area contributed by atoms with E-state index in [4.69, 9.17) is 9.47 Å². The third-order valence-electron chi connectivity index (χ3n) is 4.95. The van der Waals surface area contributed by atoms with Crippen LogP contribution >= 0.6 is 11.3 Å². The molecule has 4 aromatic rings. The van der Waals surface area contributed by atoms with E-state index in [1.54, 1.807) is 23.9 Å². The number of fused-ring (bicyclic) bond motifs is 1. The number of hydrogen-bond acceptors (Lipinski definition) is 6. The molecule has 0 saturated heterocycles. The molecule has 0 unspecified atom stereocenters. The summed E-state index contributed by atoms with van der Waals surface area (Å²) in [4.78, 5) is 17.6. The van der Waals surface area contributed by atoms with Gasteiger partial charge in [0.1, 0.15) is 17.3 Å². The van der Waals surface area contributed by atoms with Crippen molar-refractivity contribution in [1.82, 2.24) is 14.8 Å². The Morgan fingerprint density at radius 3 is 2.81 bits per heavy atom. The SMILES string of the molecule is CCCCCOc1cccc(C(=O)Nc2cc(C)nn2-c2nc3cc(OC)ccc3s2)c1. The quantitative estimate of drug-likeness (QED) is 0.335. The summed E-state index contributed by atoms with van der Waals surface area (Å²) in [5, 5.41) is 8.17. The number of amides is 1. The van der Waals surface area contributed by atoms with Gasteiger partial charge in [0.2, 0.25) is 5.13 Å². The number of unbranched alkanes of at least 4 members (excludes halogenated alkanes) is 2. The van der Waals surface area contributed by atoms with Crippen molar-refractivity contribution in [2.45, 2.75) is 33.1 Å². The van der Waals surface area contributed by atoms with Crippen molar-refractivity contribution < 1.29 is 14.3 Å². The third-order valence-corrected chi connectivity index (χ3v) is 5.96. The Morgan fingerprint density at radius 2 is 2.00 bits per heavy atom. The predicted molar refractivity (Wildman–Crippen MR) is 127 cm³/mol. The average Bonchev–Trinajstić information content (AvgIpc) is 3.39. The smallest absolute Gasteiger partial charge is 0.256 e. The number of benzene rings is 2. The van der Waals surface area contributed by atoms with Gasteiger partial charge in [-0.25, -0.2) is 4.98 Å². The van der Waals surface area contributed by atoms with Crippen molar-refractivity contribution in [2.24, 2.45) is 0 Å². The van der Waals surface area contributed by atoms with Crippen molar-refractivity contribution in [1.29, 1.82) is 0 Å². The minimum atomic E-state index is -0.229. The van der Waals surface area contributed by atoms with E-state index in [9.17, 15) is 4.79 Å². The molecular weight excluding hydrogens is 424 g/mol. The predicted octanol–water partition coefficient (Wildman–Crippen LogP) is 5.62. The molecule has 7 nitrogen and oxygen atoms in total. The van der Waals surface area contributed by atoms with Gasteiger partial charge in [-0.15, -0.1) is 0 Å². The van der Waals surface area contributed by atoms with Crippen molar-refractivity contribution in [2.75, 3.05) is 19.0 Å². The Kier molecular flexibility index (Phi) is 6.70. The van der Waals surface area contributed by atoms with Crippen LogP contribution in [0.15, 0.2) is 48.5 Å². The number of nitrogens with one attached hydrogen (secondary N) is 1. The van der Waals surface area contributed by atoms with Gasteiger partial charge >= 0.3 is 0 Å². The van der Waals surface area contributed by atoms with Gasteiger partial charge in [0.05, 0.1) is 29.6 Å². The van der Waals surface area contributed by atoms with Crippen molar-refractivity contribution in [3.63, 3.8) is 0 Å². The molecule has 0 atom stereocenters. The van der Waals surface area contributed by atoms with Crippen LogP contribution in [-0.2, 0) is 0 Å². The summed E-state index contributed by atoms with van der Waals surface area (Å²) >= 11 is 1.50. The summed E-state index contributed by atoms with van der Waals surface area (Å²) in [6, 6.07) is 14.8. The standard InChI is InChI=1S/C24H26N4O3S/c1-4-5-6-12-31-19-9-7-8-17(14-19)23(29)26-22-13-16(2)27-28(22)24-25-20-15-18(30-3)10-11-21(20)32-24/h7-11,13-15H,4-6,12H2,1-3H3,(H,26,29). The number of methoxy groups -OCH3 is 1. The molecule has 0 bridgehead atoms. The highest BCUT2D eigenvalue weighted by Gasteiger charge is 2.16. The highest BCUT2D eigenvalue weighted by atomic mass is 32.1. The van der Waals surface area contributed by atoms with Gasteiger partial charge < -0.3 is 14.8 Å². The first-order valence-electron chi connectivity index (χ1n) is 10.6. The highest BCUT2D eigenvalue weighted by Crippen LogP contribution is 2.30. The van der Waals surface area contributed by atoms with E-state index in [1.165, 1.54) is 11.3 Å². The number of hydrogen-bond donors (Lipinski definition) is 1. The molecule has 2 aromatic carbocycles. The van der Waals surface area contributed by atoms with Gasteiger partial charge in [0.15, 0.2) is 0 Å². The molecule has 4 rings (SSSR count). The fourth-order valence-corrected chi connectivity index (χ4v) is 4.22. The maximum absolute atomic E-state index is 12.9. The number of aryl methyl sites for hydroxylation is 1. The second kappa shape index (κ2) is 9.82. The minimum Gasteiger partial charge on any atom is -0.497 e. The van der Waals surface area contributed by atoms with E-state index >= 15 is 0 Å². The first-order valence-corrected chi connectivity index (χ1v) is 11.4. The van der Waals surface area contributed by atoms with Gasteiger partial charge in [-0.1, -0.05) is 37.2 Å². The highest BCUT2D eigenvalue weighted by molar-refractivity contribution is 7.20. The lowest BCUT2D eigenvalue weighted by Gasteiger charge is -2.09. The van der Waals surface area contributed by atoms with Crippen LogP contribution in [0, 0.1) is 6.92 Å². The lowest BCUT2D eigenvalue weighted by atomic mass is 10.2. The number of rotatable bonds is 9. The number of thiazole rings is 1. The number of aromatic nitrogens is 3. The zero-order valence-electron chi connectivity index (χ0n) is 18.4. The number of anilines is 1. The Morgan fingerprint density at radius 1 is 1.12 bits per heavy atom. The second-order valence-corrected chi connectivity index (χ2v) is 8.46. The zero-order chi connectivity index (χ0) is 22.5. The molecule has 166 valence electrons. The average molecular weight is 451 g/mol. The number of nitrogens with zero attached hydrogens (tertiary/aromatic N) is 3. The minimum absolute atomic E-state index is 0.229. The molecule has 0 radical (unpaired) electrons. The molecular formula is C24H26N4O3S. The van der Waals surface area contributed by atoms with Gasteiger partial charge in [-0.2, -0.15) is 9.78 Å². The van der Waals surface area contributed by atoms with Crippen LogP contribution in [0.4, 0.5) is 5.82 Å². The monoisotopic (exact) mass is 450 g/mol. The van der Waals surface area contributed by atoms with Crippen LogP contribution in [-0.4, -0.2) is 34.4 Å². The molecule has 2 heterocycles. The van der Waals surface area contributed by atoms with Gasteiger partial charge in [0, 0.05) is 17.7 Å². The molecule has 0 aliphatic heterocycles. The van der Waals surface area contributed by atoms with Crippen molar-refractivity contribution in [3.8, 4) is 16.6 Å². The molecule has 0 spiro atoms. The lowest BCUT2D eigenvalue weighted by Crippen LogP contribution is -2.15. The first kappa shape index (κ1) is 21.8. The number of ether oxygens (including phenoxy) is 2. The Balaban J connectivity index is 1.54. The summed E-state index contributed by atoms with van der Waals surface area (Å²) in [5.74, 6) is 1.77. The molecule has 2 aromatic heterocycles. The third kappa shape index (κ3) is 4.91. The van der Waals surface area contributed by atoms with Crippen LogP contribution in [0.1, 0.15) is 42.2 Å². The Labute approximate surface area is 191 Å². The van der Waals surface area contributed by atoms with Crippen molar-refractivity contribution >= 4 is 33.3 Å². The normalized spacial score (nSPS) is 11.0. The fraction of sp³-hybridized carbons (Fsp3) is 0.292. The zero-order valence-corrected chi connectivity index (χ0v) is 19.2. The first-order chi connectivity index (χ1) is 15.6. The molecule has 0 saturated carbocycles. The summed E-state index contributed by atoms with van der Waals surface area (Å²) in [7, 11) is 1.63. The molecule has 0 fully saturated rings. The van der Waals surface area contributed by atoms with Gasteiger partial charge in [-0.3, -0.25) is 4.79 Å². The van der Waals surface area contributed by atoms with Crippen LogP contribution < -0.4 is 14.8 Å². The van der Waals surface area contributed by atoms with E-state index in [2.05, 4.69) is 22.3 Å². The Bertz CT molecular complexity index is 1230. The van der Waals surface area contributed by atoms with Crippen molar-refractivity contribution in [3.05, 3.63) is 59.8 Å². The van der Waals surface area contributed by atoms with E-state index < -0.39 is 0 Å². The second-order valence-electron chi connectivity index (χ2n) is 7.45. The summed E-state index contributed by atoms with van der Waals surface area (Å²) in [6.07, 6.45) is 3.27. The summed E-state index contributed by atoms with van der Waals surface area (Å²) in [5.41, 5.74) is 2.13. The van der Waals surface area contributed by atoms with E-state index in [0.717, 1.165) is 40.9 Å². The summed E-state index contributed by atoms with van der Waals surface area (Å²) < 4.78 is 13.7. The van der Waals surface area contributed by atoms with E-state index in [-0.39, 0.29) is 5.91 Å². The summed E-state index contributed by atoms with van der Waals surface area (Å²) in [6.45, 7) is 4.68. The van der Waals surface area contributed by atoms with Gasteiger partial charge in [-0.05, 0) is 43.7 Å². The molecule has 0 aliphatic rings. The molecule has 1 amide bonds. The molecule has 1 N–H and O–H groups in total. The Hall–Kier alpha value is -3.39. The molecule has 0 aliphatic carbocycles.